The van der Waals surface area contributed by atoms with Crippen LogP contribution in [0.2, 0.25) is 0 Å². The number of hydrogen-bond acceptors (Lipinski definition) is 4. The highest BCUT2D eigenvalue weighted by molar-refractivity contribution is 5.79. The molecule has 0 radical (unpaired) electrons. The molecule has 0 aliphatic heterocycles. The van der Waals surface area contributed by atoms with Gasteiger partial charge >= 0.3 is 6.18 Å². The van der Waals surface area contributed by atoms with Gasteiger partial charge in [0.1, 0.15) is 6.61 Å². The number of hydrogen-bond donors (Lipinski definition) is 3. The van der Waals surface area contributed by atoms with E-state index < -0.39 is 11.7 Å². The van der Waals surface area contributed by atoms with Crippen LogP contribution >= 0.6 is 0 Å². The third kappa shape index (κ3) is 7.14. The summed E-state index contributed by atoms with van der Waals surface area (Å²) in [6.07, 6.45) is -4.38. The summed E-state index contributed by atoms with van der Waals surface area (Å²) in [6, 6.07) is 10.5. The van der Waals surface area contributed by atoms with Gasteiger partial charge in [-0.1, -0.05) is 18.2 Å². The SMILES string of the molecule is CCNC(=NCc1cccc(C(F)(F)F)c1)NCc1ccc(OCCO)c(OC)c1. The van der Waals surface area contributed by atoms with Crippen LogP contribution in [-0.2, 0) is 19.3 Å². The monoisotopic (exact) mass is 425 g/mol. The van der Waals surface area contributed by atoms with Crippen molar-refractivity contribution in [2.24, 2.45) is 4.99 Å². The molecule has 0 bridgehead atoms. The fraction of sp³-hybridized carbons (Fsp3) is 0.381. The first-order valence-electron chi connectivity index (χ1n) is 9.46. The van der Waals surface area contributed by atoms with E-state index in [1.807, 2.05) is 13.0 Å². The number of rotatable bonds is 9. The molecule has 3 N–H and O–H groups in total. The predicted octanol–water partition coefficient (Wildman–Crippen LogP) is 3.34. The first-order valence-corrected chi connectivity index (χ1v) is 9.46. The van der Waals surface area contributed by atoms with Gasteiger partial charge < -0.3 is 25.2 Å². The quantitative estimate of drug-likeness (QED) is 0.425. The average Bonchev–Trinajstić information content (AvgIpc) is 2.74. The lowest BCUT2D eigenvalue weighted by atomic mass is 10.1. The molecule has 2 rings (SSSR count). The zero-order chi connectivity index (χ0) is 22.0. The molecule has 0 aromatic heterocycles. The maximum Gasteiger partial charge on any atom is 0.416 e. The van der Waals surface area contributed by atoms with Crippen molar-refractivity contribution in [3.05, 3.63) is 59.2 Å². The summed E-state index contributed by atoms with van der Waals surface area (Å²) >= 11 is 0. The fourth-order valence-corrected chi connectivity index (χ4v) is 2.64. The van der Waals surface area contributed by atoms with Gasteiger partial charge in [-0.25, -0.2) is 4.99 Å². The van der Waals surface area contributed by atoms with E-state index in [1.165, 1.54) is 13.2 Å². The molecule has 9 heteroatoms. The standard InChI is InChI=1S/C21H26F3N3O3/c1-3-25-20(26-13-15-5-4-6-17(11-15)21(22,23)24)27-14-16-7-8-18(30-10-9-28)19(12-16)29-2/h4-8,11-12,28H,3,9-10,13-14H2,1-2H3,(H2,25,26,27). The Morgan fingerprint density at radius 2 is 1.87 bits per heavy atom. The smallest absolute Gasteiger partial charge is 0.416 e. The Morgan fingerprint density at radius 1 is 1.07 bits per heavy atom. The summed E-state index contributed by atoms with van der Waals surface area (Å²) in [5.74, 6) is 1.54. The van der Waals surface area contributed by atoms with Crippen LogP contribution in [-0.4, -0.2) is 37.9 Å². The van der Waals surface area contributed by atoms with E-state index in [9.17, 15) is 13.2 Å². The van der Waals surface area contributed by atoms with Crippen molar-refractivity contribution in [3.63, 3.8) is 0 Å². The molecule has 0 aliphatic rings. The van der Waals surface area contributed by atoms with Gasteiger partial charge in [-0.2, -0.15) is 13.2 Å². The third-order valence-corrected chi connectivity index (χ3v) is 4.06. The molecule has 0 saturated heterocycles. The minimum atomic E-state index is -4.38. The molecule has 0 spiro atoms. The summed E-state index contributed by atoms with van der Waals surface area (Å²) < 4.78 is 49.3. The van der Waals surface area contributed by atoms with Crippen LogP contribution in [0.15, 0.2) is 47.5 Å². The van der Waals surface area contributed by atoms with Crippen LogP contribution in [0.4, 0.5) is 13.2 Å². The van der Waals surface area contributed by atoms with Crippen molar-refractivity contribution < 1.29 is 27.8 Å². The van der Waals surface area contributed by atoms with Crippen molar-refractivity contribution >= 4 is 5.96 Å². The Balaban J connectivity index is 2.05. The number of benzene rings is 2. The maximum atomic E-state index is 12.9. The summed E-state index contributed by atoms with van der Waals surface area (Å²) in [4.78, 5) is 4.37. The van der Waals surface area contributed by atoms with Crippen molar-refractivity contribution in [3.8, 4) is 11.5 Å². The molecule has 6 nitrogen and oxygen atoms in total. The Morgan fingerprint density at radius 3 is 2.53 bits per heavy atom. The maximum absolute atomic E-state index is 12.9. The molecule has 0 unspecified atom stereocenters. The Kier molecular flexibility index (Phi) is 8.79. The van der Waals surface area contributed by atoms with Gasteiger partial charge in [-0.15, -0.1) is 0 Å². The first-order chi connectivity index (χ1) is 14.4. The number of aliphatic hydroxyl groups is 1. The molecule has 0 fully saturated rings. The number of methoxy groups -OCH3 is 1. The number of guanidine groups is 1. The number of nitrogens with one attached hydrogen (secondary N) is 2. The highest BCUT2D eigenvalue weighted by Crippen LogP contribution is 2.30. The highest BCUT2D eigenvalue weighted by Gasteiger charge is 2.30. The van der Waals surface area contributed by atoms with E-state index in [-0.39, 0.29) is 19.8 Å². The summed E-state index contributed by atoms with van der Waals surface area (Å²) in [5.41, 5.74) is 0.672. The molecule has 164 valence electrons. The van der Waals surface area contributed by atoms with E-state index in [0.29, 0.717) is 36.1 Å². The van der Waals surface area contributed by atoms with Crippen LogP contribution in [0.5, 0.6) is 11.5 Å². The van der Waals surface area contributed by atoms with Gasteiger partial charge in [0.2, 0.25) is 0 Å². The average molecular weight is 425 g/mol. The van der Waals surface area contributed by atoms with Crippen LogP contribution in [0.25, 0.3) is 0 Å². The Hall–Kier alpha value is -2.94. The van der Waals surface area contributed by atoms with Crippen molar-refractivity contribution in [1.82, 2.24) is 10.6 Å². The Labute approximate surface area is 173 Å². The number of ether oxygens (including phenoxy) is 2. The first kappa shape index (κ1) is 23.3. The lowest BCUT2D eigenvalue weighted by Crippen LogP contribution is -2.36. The number of aliphatic hydroxyl groups excluding tert-OH is 1. The van der Waals surface area contributed by atoms with E-state index in [2.05, 4.69) is 15.6 Å². The number of halogens is 3. The van der Waals surface area contributed by atoms with Crippen molar-refractivity contribution in [1.29, 1.82) is 0 Å². The van der Waals surface area contributed by atoms with Crippen LogP contribution in [0.3, 0.4) is 0 Å². The molecular formula is C21H26F3N3O3. The Bertz CT molecular complexity index is 842. The third-order valence-electron chi connectivity index (χ3n) is 4.06. The largest absolute Gasteiger partial charge is 0.493 e. The normalized spacial score (nSPS) is 11.9. The second-order valence-corrected chi connectivity index (χ2v) is 6.30. The van der Waals surface area contributed by atoms with Crippen molar-refractivity contribution in [2.45, 2.75) is 26.2 Å². The van der Waals surface area contributed by atoms with Gasteiger partial charge in [0.05, 0.1) is 25.8 Å². The summed E-state index contributed by atoms with van der Waals surface area (Å²) in [6.45, 7) is 3.10. The number of alkyl halides is 3. The molecular weight excluding hydrogens is 399 g/mol. The zero-order valence-corrected chi connectivity index (χ0v) is 16.9. The molecule has 0 amide bonds. The minimum absolute atomic E-state index is 0.0964. The molecule has 0 aliphatic carbocycles. The van der Waals surface area contributed by atoms with Crippen molar-refractivity contribution in [2.75, 3.05) is 26.9 Å². The lowest BCUT2D eigenvalue weighted by molar-refractivity contribution is -0.137. The zero-order valence-electron chi connectivity index (χ0n) is 16.9. The number of nitrogens with zero attached hydrogens (tertiary/aromatic N) is 1. The second-order valence-electron chi connectivity index (χ2n) is 6.30. The summed E-state index contributed by atoms with van der Waals surface area (Å²) in [5, 5.41) is 15.1. The van der Waals surface area contributed by atoms with Crippen LogP contribution < -0.4 is 20.1 Å². The molecule has 0 heterocycles. The second kappa shape index (κ2) is 11.3. The van der Waals surface area contributed by atoms with E-state index >= 15 is 0 Å². The minimum Gasteiger partial charge on any atom is -0.493 e. The van der Waals surface area contributed by atoms with Gasteiger partial charge in [0, 0.05) is 13.1 Å². The van der Waals surface area contributed by atoms with Crippen LogP contribution in [0.1, 0.15) is 23.6 Å². The summed E-state index contributed by atoms with van der Waals surface area (Å²) in [7, 11) is 1.53. The molecule has 2 aromatic rings. The molecule has 0 saturated carbocycles. The molecule has 30 heavy (non-hydrogen) atoms. The van der Waals surface area contributed by atoms with Crippen LogP contribution in [0, 0.1) is 0 Å². The highest BCUT2D eigenvalue weighted by atomic mass is 19.4. The van der Waals surface area contributed by atoms with Gasteiger partial charge in [0.25, 0.3) is 0 Å². The fourth-order valence-electron chi connectivity index (χ4n) is 2.64. The van der Waals surface area contributed by atoms with Gasteiger partial charge in [0.15, 0.2) is 17.5 Å². The number of aliphatic imine (C=N–C) groups is 1. The van der Waals surface area contributed by atoms with Gasteiger partial charge in [-0.3, -0.25) is 0 Å². The van der Waals surface area contributed by atoms with Gasteiger partial charge in [-0.05, 0) is 42.3 Å². The lowest BCUT2D eigenvalue weighted by Gasteiger charge is -2.14. The molecule has 2 aromatic carbocycles. The topological polar surface area (TPSA) is 75.1 Å². The molecule has 0 atom stereocenters. The van der Waals surface area contributed by atoms with E-state index in [1.54, 1.807) is 18.2 Å². The van der Waals surface area contributed by atoms with E-state index in [0.717, 1.165) is 17.7 Å². The predicted molar refractivity (Wildman–Crippen MR) is 109 cm³/mol. The van der Waals surface area contributed by atoms with E-state index in [4.69, 9.17) is 14.6 Å².